The van der Waals surface area contributed by atoms with Gasteiger partial charge in [-0.25, -0.2) is 8.42 Å². The van der Waals surface area contributed by atoms with E-state index < -0.39 is 10.0 Å². The molecule has 0 bridgehead atoms. The molecular formula is C11H19N3O3S. The Hall–Kier alpha value is -0.920. The molecule has 102 valence electrons. The molecule has 2 unspecified atom stereocenters. The van der Waals surface area contributed by atoms with Crippen LogP contribution in [0.25, 0.3) is 0 Å². The van der Waals surface area contributed by atoms with Crippen molar-refractivity contribution in [3.8, 4) is 0 Å². The van der Waals surface area contributed by atoms with Gasteiger partial charge in [0.25, 0.3) is 10.0 Å². The minimum atomic E-state index is -3.59. The summed E-state index contributed by atoms with van der Waals surface area (Å²) in [5.74, 6) is 0.358. The van der Waals surface area contributed by atoms with Crippen molar-refractivity contribution in [3.63, 3.8) is 0 Å². The van der Waals surface area contributed by atoms with Gasteiger partial charge in [-0.1, -0.05) is 6.92 Å². The molecule has 0 aromatic carbocycles. The third-order valence-electron chi connectivity index (χ3n) is 3.48. The van der Waals surface area contributed by atoms with Gasteiger partial charge < -0.3 is 5.11 Å². The maximum absolute atomic E-state index is 12.5. The van der Waals surface area contributed by atoms with E-state index in [-0.39, 0.29) is 17.7 Å². The Bertz CT molecular complexity index is 511. The predicted octanol–water partition coefficient (Wildman–Crippen LogP) is 0.711. The molecule has 1 aliphatic heterocycles. The number of piperidine rings is 1. The predicted molar refractivity (Wildman–Crippen MR) is 66.3 cm³/mol. The molecule has 1 aromatic heterocycles. The van der Waals surface area contributed by atoms with Gasteiger partial charge >= 0.3 is 0 Å². The number of rotatable bonds is 3. The zero-order chi connectivity index (χ0) is 13.3. The number of sulfonamides is 1. The Morgan fingerprint density at radius 2 is 2.22 bits per heavy atom. The highest BCUT2D eigenvalue weighted by Gasteiger charge is 2.35. The number of aliphatic hydroxyl groups excluding tert-OH is 1. The molecule has 0 spiro atoms. The summed E-state index contributed by atoms with van der Waals surface area (Å²) in [6.07, 6.45) is 3.26. The minimum Gasteiger partial charge on any atom is -0.392 e. The number of hydrogen-bond donors (Lipinski definition) is 2. The van der Waals surface area contributed by atoms with Gasteiger partial charge in [-0.3, -0.25) is 5.10 Å². The highest BCUT2D eigenvalue weighted by molar-refractivity contribution is 7.89. The third kappa shape index (κ3) is 2.30. The summed E-state index contributed by atoms with van der Waals surface area (Å²) < 4.78 is 26.6. The van der Waals surface area contributed by atoms with Crippen LogP contribution in [0.3, 0.4) is 0 Å². The quantitative estimate of drug-likeness (QED) is 0.849. The van der Waals surface area contributed by atoms with Gasteiger partial charge in [0.2, 0.25) is 0 Å². The summed E-state index contributed by atoms with van der Waals surface area (Å²) in [4.78, 5) is 0. The number of hydrogen-bond acceptors (Lipinski definition) is 4. The summed E-state index contributed by atoms with van der Waals surface area (Å²) in [5, 5.41) is 15.4. The molecule has 2 N–H and O–H groups in total. The summed E-state index contributed by atoms with van der Waals surface area (Å²) in [7, 11) is -3.59. The van der Waals surface area contributed by atoms with Crippen molar-refractivity contribution in [2.24, 2.45) is 5.92 Å². The molecular weight excluding hydrogens is 254 g/mol. The van der Waals surface area contributed by atoms with Gasteiger partial charge in [0.1, 0.15) is 0 Å². The van der Waals surface area contributed by atoms with E-state index in [0.29, 0.717) is 18.0 Å². The first-order valence-electron chi connectivity index (χ1n) is 6.11. The van der Waals surface area contributed by atoms with Gasteiger partial charge in [-0.15, -0.1) is 0 Å². The molecule has 0 radical (unpaired) electrons. The lowest BCUT2D eigenvalue weighted by molar-refractivity contribution is 0.216. The van der Waals surface area contributed by atoms with Crippen LogP contribution in [0.2, 0.25) is 0 Å². The molecule has 7 heteroatoms. The second kappa shape index (κ2) is 4.99. The first kappa shape index (κ1) is 13.5. The Kier molecular flexibility index (Phi) is 3.74. The molecule has 0 amide bonds. The molecule has 2 rings (SSSR count). The lowest BCUT2D eigenvalue weighted by Gasteiger charge is -2.35. The van der Waals surface area contributed by atoms with Crippen molar-refractivity contribution in [2.75, 3.05) is 6.54 Å². The van der Waals surface area contributed by atoms with Crippen LogP contribution in [0.5, 0.6) is 0 Å². The molecule has 1 aromatic rings. The van der Waals surface area contributed by atoms with Crippen molar-refractivity contribution in [2.45, 2.75) is 44.4 Å². The maximum atomic E-state index is 12.5. The molecule has 1 fully saturated rings. The van der Waals surface area contributed by atoms with Crippen LogP contribution in [0.15, 0.2) is 11.2 Å². The van der Waals surface area contributed by atoms with Crippen molar-refractivity contribution >= 4 is 10.0 Å². The first-order valence-corrected chi connectivity index (χ1v) is 7.55. The standard InChI is InChI=1S/C11H19N3O3S/c1-8-3-4-9(2)14(6-8)18(16,17)11-10(7-15)5-12-13-11/h5,8-9,15H,3-4,6-7H2,1-2H3,(H,12,13). The number of aromatic amines is 1. The Balaban J connectivity index is 2.36. The number of aliphatic hydroxyl groups is 1. The molecule has 6 nitrogen and oxygen atoms in total. The maximum Gasteiger partial charge on any atom is 0.260 e. The Labute approximate surface area is 107 Å². The molecule has 1 aliphatic rings. The van der Waals surface area contributed by atoms with Gasteiger partial charge in [-0.05, 0) is 25.7 Å². The smallest absolute Gasteiger partial charge is 0.260 e. The summed E-state index contributed by atoms with van der Waals surface area (Å²) in [6.45, 7) is 4.16. The van der Waals surface area contributed by atoms with E-state index in [4.69, 9.17) is 5.11 Å². The Morgan fingerprint density at radius 1 is 1.50 bits per heavy atom. The molecule has 2 heterocycles. The minimum absolute atomic E-state index is 0.0129. The van der Waals surface area contributed by atoms with Crippen molar-refractivity contribution in [3.05, 3.63) is 11.8 Å². The highest BCUT2D eigenvalue weighted by Crippen LogP contribution is 2.28. The van der Waals surface area contributed by atoms with Crippen molar-refractivity contribution in [1.29, 1.82) is 0 Å². The van der Waals surface area contributed by atoms with Crippen LogP contribution in [-0.4, -0.2) is 40.6 Å². The molecule has 0 saturated carbocycles. The van der Waals surface area contributed by atoms with E-state index in [9.17, 15) is 8.42 Å². The van der Waals surface area contributed by atoms with Crippen LogP contribution < -0.4 is 0 Å². The number of nitrogens with zero attached hydrogens (tertiary/aromatic N) is 2. The largest absolute Gasteiger partial charge is 0.392 e. The average molecular weight is 273 g/mol. The van der Waals surface area contributed by atoms with Gasteiger partial charge in [0.05, 0.1) is 12.8 Å². The van der Waals surface area contributed by atoms with Gasteiger partial charge in [0, 0.05) is 18.2 Å². The zero-order valence-corrected chi connectivity index (χ0v) is 11.4. The van der Waals surface area contributed by atoms with Crippen LogP contribution in [-0.2, 0) is 16.6 Å². The zero-order valence-electron chi connectivity index (χ0n) is 10.6. The summed E-state index contributed by atoms with van der Waals surface area (Å²) in [5.41, 5.74) is 0.320. The van der Waals surface area contributed by atoms with Crippen molar-refractivity contribution in [1.82, 2.24) is 14.5 Å². The fourth-order valence-corrected chi connectivity index (χ4v) is 4.22. The fraction of sp³-hybridized carbons (Fsp3) is 0.727. The monoisotopic (exact) mass is 273 g/mol. The second-order valence-electron chi connectivity index (χ2n) is 4.99. The molecule has 0 aliphatic carbocycles. The fourth-order valence-electron chi connectivity index (χ4n) is 2.34. The topological polar surface area (TPSA) is 86.3 Å². The second-order valence-corrected chi connectivity index (χ2v) is 6.82. The van der Waals surface area contributed by atoms with Crippen LogP contribution in [0, 0.1) is 5.92 Å². The van der Waals surface area contributed by atoms with Gasteiger partial charge in [0.15, 0.2) is 5.03 Å². The number of nitrogens with one attached hydrogen (secondary N) is 1. The SMILES string of the molecule is CC1CCC(C)N(S(=O)(=O)c2[nH]ncc2CO)C1. The average Bonchev–Trinajstić information content (AvgIpc) is 2.81. The van der Waals surface area contributed by atoms with E-state index in [1.54, 1.807) is 0 Å². The van der Waals surface area contributed by atoms with Crippen LogP contribution in [0.4, 0.5) is 0 Å². The number of H-pyrrole nitrogens is 1. The lowest BCUT2D eigenvalue weighted by atomic mass is 9.97. The lowest BCUT2D eigenvalue weighted by Crippen LogP contribution is -2.45. The molecule has 2 atom stereocenters. The highest BCUT2D eigenvalue weighted by atomic mass is 32.2. The first-order chi connectivity index (χ1) is 8.46. The van der Waals surface area contributed by atoms with E-state index in [2.05, 4.69) is 10.2 Å². The summed E-state index contributed by atoms with van der Waals surface area (Å²) >= 11 is 0. The summed E-state index contributed by atoms with van der Waals surface area (Å²) in [6, 6.07) is -0.0129. The van der Waals surface area contributed by atoms with E-state index >= 15 is 0 Å². The Morgan fingerprint density at radius 3 is 2.89 bits per heavy atom. The normalized spacial score (nSPS) is 26.4. The number of aromatic nitrogens is 2. The molecule has 18 heavy (non-hydrogen) atoms. The van der Waals surface area contributed by atoms with E-state index in [0.717, 1.165) is 12.8 Å². The van der Waals surface area contributed by atoms with Crippen LogP contribution in [0.1, 0.15) is 32.3 Å². The third-order valence-corrected chi connectivity index (χ3v) is 5.47. The van der Waals surface area contributed by atoms with E-state index in [1.807, 2.05) is 13.8 Å². The van der Waals surface area contributed by atoms with E-state index in [1.165, 1.54) is 10.5 Å². The van der Waals surface area contributed by atoms with Crippen molar-refractivity contribution < 1.29 is 13.5 Å². The van der Waals surface area contributed by atoms with Gasteiger partial charge in [-0.2, -0.15) is 9.40 Å². The molecule has 1 saturated heterocycles. The van der Waals surface area contributed by atoms with Crippen LogP contribution >= 0.6 is 0 Å².